The number of benzene rings is 5. The van der Waals surface area contributed by atoms with Crippen molar-refractivity contribution in [1.82, 2.24) is 0 Å². The van der Waals surface area contributed by atoms with Crippen molar-refractivity contribution < 1.29 is 0 Å². The minimum absolute atomic E-state index is 0.000956. The quantitative estimate of drug-likeness (QED) is 0.147. The summed E-state index contributed by atoms with van der Waals surface area (Å²) in [5.74, 6) is 0. The number of fused-ring (bicyclic) bond motifs is 4. The summed E-state index contributed by atoms with van der Waals surface area (Å²) in [7, 11) is 20.6. The van der Waals surface area contributed by atoms with E-state index in [1.54, 1.807) is 0 Å². The van der Waals surface area contributed by atoms with Crippen LogP contribution in [0.3, 0.4) is 0 Å². The molecule has 0 aliphatic heterocycles. The Balaban J connectivity index is 1.34. The Bertz CT molecular complexity index is 2820. The molecule has 0 saturated heterocycles. The van der Waals surface area contributed by atoms with Crippen LogP contribution in [0, 0.1) is 0 Å². The third-order valence-corrected chi connectivity index (χ3v) is 17.8. The molecule has 0 spiro atoms. The van der Waals surface area contributed by atoms with Crippen LogP contribution in [0.15, 0.2) is 96.4 Å². The Kier molecular flexibility index (Phi) is 11.2. The van der Waals surface area contributed by atoms with Crippen LogP contribution in [-0.2, 0) is 43.0 Å². The molecule has 342 valence electrons. The smallest absolute Gasteiger partial charge is 0.0647 e. The van der Waals surface area contributed by atoms with Crippen molar-refractivity contribution in [2.45, 2.75) is 185 Å². The van der Waals surface area contributed by atoms with E-state index in [2.05, 4.69) is 210 Å². The van der Waals surface area contributed by atoms with Gasteiger partial charge in [0.25, 0.3) is 0 Å². The number of thiophene rings is 1. The van der Waals surface area contributed by atoms with Gasteiger partial charge < -0.3 is 9.80 Å². The van der Waals surface area contributed by atoms with E-state index in [4.69, 9.17) is 23.5 Å². The number of rotatable bonds is 7. The first kappa shape index (κ1) is 47.9. The molecule has 0 N–H and O–H groups in total. The van der Waals surface area contributed by atoms with Gasteiger partial charge in [-0.3, -0.25) is 0 Å². The van der Waals surface area contributed by atoms with Gasteiger partial charge in [-0.2, -0.15) is 0 Å². The molecular formula is C61H73B3N2S. The van der Waals surface area contributed by atoms with Gasteiger partial charge in [-0.05, 0) is 182 Å². The Labute approximate surface area is 413 Å². The van der Waals surface area contributed by atoms with Crippen LogP contribution in [0.5, 0.6) is 0 Å². The van der Waals surface area contributed by atoms with Crippen LogP contribution < -0.4 is 9.80 Å². The maximum Gasteiger partial charge on any atom is 0.0647 e. The van der Waals surface area contributed by atoms with Gasteiger partial charge in [-0.15, -0.1) is 16.4 Å². The highest BCUT2D eigenvalue weighted by atomic mass is 32.1. The Hall–Kier alpha value is -4.15. The van der Waals surface area contributed by atoms with Gasteiger partial charge in [0.1, 0.15) is 0 Å². The first-order chi connectivity index (χ1) is 30.9. The molecule has 1 aromatic heterocycles. The number of hydrogen-bond donors (Lipinski definition) is 0. The Morgan fingerprint density at radius 2 is 0.791 bits per heavy atom. The van der Waals surface area contributed by atoms with Crippen molar-refractivity contribution in [3.63, 3.8) is 0 Å². The van der Waals surface area contributed by atoms with E-state index in [9.17, 15) is 0 Å². The average molecular weight is 899 g/mol. The summed E-state index contributed by atoms with van der Waals surface area (Å²) in [4.78, 5) is 4.87. The molecule has 0 unspecified atom stereocenters. The van der Waals surface area contributed by atoms with Gasteiger partial charge in [-0.25, -0.2) is 0 Å². The zero-order valence-electron chi connectivity index (χ0n) is 43.5. The highest BCUT2D eigenvalue weighted by Gasteiger charge is 2.41. The first-order valence-electron chi connectivity index (χ1n) is 25.0. The summed E-state index contributed by atoms with van der Waals surface area (Å²) in [6.45, 7) is 35.8. The lowest BCUT2D eigenvalue weighted by atomic mass is 9.40. The van der Waals surface area contributed by atoms with Gasteiger partial charge in [-0.1, -0.05) is 134 Å². The lowest BCUT2D eigenvalue weighted by Crippen LogP contribution is -2.34. The molecule has 0 amide bonds. The second-order valence-corrected chi connectivity index (χ2v) is 26.8. The molecule has 5 aromatic carbocycles. The second-order valence-electron chi connectivity index (χ2n) is 25.9. The fourth-order valence-corrected chi connectivity index (χ4v) is 12.7. The van der Waals surface area contributed by atoms with Crippen molar-refractivity contribution in [2.24, 2.45) is 0 Å². The molecule has 6 radical (unpaired) electrons. The molecule has 3 aliphatic carbocycles. The monoisotopic (exact) mass is 899 g/mol. The molecule has 6 aromatic rings. The first-order valence-corrected chi connectivity index (χ1v) is 25.9. The van der Waals surface area contributed by atoms with Gasteiger partial charge in [0.15, 0.2) is 0 Å². The number of nitrogens with zero attached hydrogens (tertiary/aromatic N) is 2. The fourth-order valence-electron chi connectivity index (χ4n) is 11.8. The van der Waals surface area contributed by atoms with Crippen LogP contribution in [0.2, 0.25) is 0 Å². The van der Waals surface area contributed by atoms with Gasteiger partial charge >= 0.3 is 0 Å². The van der Waals surface area contributed by atoms with Crippen molar-refractivity contribution in [3.05, 3.63) is 141 Å². The van der Waals surface area contributed by atoms with Crippen LogP contribution in [0.4, 0.5) is 34.1 Å². The maximum atomic E-state index is 6.85. The lowest BCUT2D eigenvalue weighted by Gasteiger charge is -2.43. The predicted molar refractivity (Wildman–Crippen MR) is 295 cm³/mol. The molecule has 3 aliphatic rings. The highest BCUT2D eigenvalue weighted by molar-refractivity contribution is 7.17. The Morgan fingerprint density at radius 1 is 0.403 bits per heavy atom. The van der Waals surface area contributed by atoms with E-state index in [1.807, 2.05) is 11.3 Å². The fraction of sp³-hybridized carbons (Fsp3) is 0.475. The highest BCUT2D eigenvalue weighted by Crippen LogP contribution is 2.54. The number of hydrogen-bond acceptors (Lipinski definition) is 3. The topological polar surface area (TPSA) is 6.48 Å². The van der Waals surface area contributed by atoms with Crippen LogP contribution in [0.1, 0.15) is 187 Å². The lowest BCUT2D eigenvalue weighted by molar-refractivity contribution is 0.332. The summed E-state index contributed by atoms with van der Waals surface area (Å²) in [6.07, 6.45) is 6.90. The van der Waals surface area contributed by atoms with E-state index in [1.165, 1.54) is 55.5 Å². The Morgan fingerprint density at radius 3 is 1.22 bits per heavy atom. The largest absolute Gasteiger partial charge is 0.310 e. The van der Waals surface area contributed by atoms with Crippen LogP contribution >= 0.6 is 11.3 Å². The molecule has 2 nitrogen and oxygen atoms in total. The van der Waals surface area contributed by atoms with Crippen LogP contribution in [-0.4, -0.2) is 23.5 Å². The van der Waals surface area contributed by atoms with Crippen molar-refractivity contribution in [3.8, 4) is 0 Å². The van der Waals surface area contributed by atoms with E-state index in [-0.39, 0.29) is 37.9 Å². The molecule has 0 bridgehead atoms. The van der Waals surface area contributed by atoms with Crippen molar-refractivity contribution in [1.29, 1.82) is 0 Å². The minimum Gasteiger partial charge on any atom is -0.310 e. The standard InChI is InChI=1S/C61H73B3N2S/c1-54(2,3)38-16-18-40(19-17-38)66(52-37-67-53-36-51-50(35-45(52)53)59(12,13)28-29-60(51,14)15)44-31-39(61(62,63)64)30-43(32-44)65(41-20-22-46-48(33-41)57(8,9)26-24-55(46,4)5)42-21-23-47-49(34-42)58(10,11)27-25-56(47,6)7/h16-23,30-37H,24-29H2,1-15H3. The summed E-state index contributed by atoms with van der Waals surface area (Å²) in [6, 6.07) is 35.1. The third kappa shape index (κ3) is 8.46. The van der Waals surface area contributed by atoms with E-state index in [0.29, 0.717) is 5.56 Å². The molecule has 0 atom stereocenters. The molecule has 6 heteroatoms. The van der Waals surface area contributed by atoms with Crippen molar-refractivity contribution >= 4 is 79.1 Å². The summed E-state index contributed by atoms with van der Waals surface area (Å²) in [5.41, 5.74) is 17.2. The SMILES string of the molecule is [B]C([B])([B])c1cc(N(c2ccc3c(c2)C(C)(C)CCC3(C)C)c2ccc3c(c2)C(C)(C)CCC3(C)C)cc(N(c2ccc(C(C)(C)C)cc2)c2csc3cc4c(cc23)C(C)(C)CCC4(C)C)c1. The molecule has 1 heterocycles. The molecule has 0 fully saturated rings. The maximum absolute atomic E-state index is 6.85. The summed E-state index contributed by atoms with van der Waals surface area (Å²) >= 11 is 1.83. The van der Waals surface area contributed by atoms with Crippen molar-refractivity contribution in [2.75, 3.05) is 9.80 Å². The summed E-state index contributed by atoms with van der Waals surface area (Å²) in [5, 5.41) is 1.98. The molecule has 67 heavy (non-hydrogen) atoms. The zero-order chi connectivity index (χ0) is 48.7. The van der Waals surface area contributed by atoms with Gasteiger partial charge in [0.2, 0.25) is 0 Å². The normalized spacial score (nSPS) is 19.8. The van der Waals surface area contributed by atoms with Gasteiger partial charge in [0, 0.05) is 43.9 Å². The average Bonchev–Trinajstić information content (AvgIpc) is 3.65. The molecular weight excluding hydrogens is 825 g/mol. The van der Waals surface area contributed by atoms with Gasteiger partial charge in [0.05, 0.1) is 29.2 Å². The summed E-state index contributed by atoms with van der Waals surface area (Å²) < 4.78 is 1.29. The van der Waals surface area contributed by atoms with E-state index >= 15 is 0 Å². The number of anilines is 6. The van der Waals surface area contributed by atoms with Crippen LogP contribution in [0.25, 0.3) is 10.1 Å². The minimum atomic E-state index is -1.62. The predicted octanol–water partition coefficient (Wildman–Crippen LogP) is 16.8. The molecule has 9 rings (SSSR count). The van der Waals surface area contributed by atoms with E-state index in [0.717, 1.165) is 66.2 Å². The van der Waals surface area contributed by atoms with E-state index < -0.39 is 5.11 Å². The molecule has 0 saturated carbocycles. The zero-order valence-corrected chi connectivity index (χ0v) is 44.3. The second kappa shape index (κ2) is 15.7. The third-order valence-electron chi connectivity index (χ3n) is 16.9.